The van der Waals surface area contributed by atoms with Gasteiger partial charge in [-0.05, 0) is 124 Å². The van der Waals surface area contributed by atoms with Crippen molar-refractivity contribution < 1.29 is 0 Å². The number of rotatable bonds is 4. The van der Waals surface area contributed by atoms with Crippen LogP contribution in [0.3, 0.4) is 0 Å². The van der Waals surface area contributed by atoms with Crippen LogP contribution in [0.4, 0.5) is 34.1 Å². The van der Waals surface area contributed by atoms with E-state index in [0.29, 0.717) is 0 Å². The number of nitrogens with zero attached hydrogens (tertiary/aromatic N) is 6. The summed E-state index contributed by atoms with van der Waals surface area (Å²) in [5.74, 6) is 0. The van der Waals surface area contributed by atoms with Gasteiger partial charge in [0.1, 0.15) is 0 Å². The van der Waals surface area contributed by atoms with E-state index < -0.39 is 0 Å². The largest absolute Gasteiger partial charge is 0.375 e. The molecule has 0 bridgehead atoms. The van der Waals surface area contributed by atoms with Crippen LogP contribution < -0.4 is 31.7 Å². The molecule has 8 heterocycles. The van der Waals surface area contributed by atoms with Gasteiger partial charge in [-0.15, -0.1) is 0 Å². The smallest absolute Gasteiger partial charge is 0.333 e. The van der Waals surface area contributed by atoms with Gasteiger partial charge >= 0.3 is 13.7 Å². The first kappa shape index (κ1) is 45.3. The van der Waals surface area contributed by atoms with Gasteiger partial charge in [-0.2, -0.15) is 0 Å². The molecule has 4 aromatic heterocycles. The Hall–Kier alpha value is -11.2. The molecule has 0 amide bonds. The fourth-order valence-corrected chi connectivity index (χ4v) is 16.8. The third-order valence-electron chi connectivity index (χ3n) is 19.8. The van der Waals surface area contributed by atoms with E-state index in [1.54, 1.807) is 0 Å². The summed E-state index contributed by atoms with van der Waals surface area (Å²) in [6.45, 7) is -0.425. The monoisotopic (exact) mass is 1090 g/mol. The average Bonchev–Trinajstić information content (AvgIpc) is 1.32. The van der Waals surface area contributed by atoms with Crippen molar-refractivity contribution in [3.63, 3.8) is 0 Å². The van der Waals surface area contributed by atoms with E-state index in [0.717, 1.165) is 34.1 Å². The molecule has 0 atom stereocenters. The van der Waals surface area contributed by atoms with Crippen LogP contribution in [0.25, 0.3) is 121 Å². The molecule has 0 saturated carbocycles. The second kappa shape index (κ2) is 16.3. The van der Waals surface area contributed by atoms with Crippen molar-refractivity contribution in [2.45, 2.75) is 0 Å². The zero-order valence-electron chi connectivity index (χ0n) is 46.4. The molecule has 6 nitrogen and oxygen atoms in total. The molecular formula is C78H46B2N6. The van der Waals surface area contributed by atoms with Crippen molar-refractivity contribution >= 4 is 157 Å². The second-order valence-corrected chi connectivity index (χ2v) is 23.8. The van der Waals surface area contributed by atoms with Crippen LogP contribution >= 0.6 is 0 Å². The summed E-state index contributed by atoms with van der Waals surface area (Å²) in [7, 11) is 0. The number of para-hydroxylation sites is 10. The molecule has 394 valence electrons. The van der Waals surface area contributed by atoms with Crippen LogP contribution in [0, 0.1) is 0 Å². The molecule has 13 aromatic carbocycles. The molecule has 4 aliphatic heterocycles. The van der Waals surface area contributed by atoms with Crippen LogP contribution in [0.15, 0.2) is 279 Å². The van der Waals surface area contributed by atoms with Crippen molar-refractivity contribution in [1.82, 2.24) is 18.1 Å². The molecule has 0 spiro atoms. The summed E-state index contributed by atoms with van der Waals surface area (Å²) in [6, 6.07) is 105. The van der Waals surface area contributed by atoms with E-state index in [1.165, 1.54) is 143 Å². The Bertz CT molecular complexity index is 5500. The van der Waals surface area contributed by atoms with Gasteiger partial charge in [-0.3, -0.25) is 0 Å². The minimum Gasteiger partial charge on any atom is -0.375 e. The molecule has 86 heavy (non-hydrogen) atoms. The zero-order chi connectivity index (χ0) is 55.6. The zero-order valence-corrected chi connectivity index (χ0v) is 46.4. The first-order valence-electron chi connectivity index (χ1n) is 30.0. The van der Waals surface area contributed by atoms with Gasteiger partial charge in [-0.25, -0.2) is 0 Å². The maximum absolute atomic E-state index is 2.74. The molecule has 4 aliphatic rings. The van der Waals surface area contributed by atoms with Crippen LogP contribution in [0.5, 0.6) is 0 Å². The van der Waals surface area contributed by atoms with E-state index in [9.17, 15) is 0 Å². The standard InChI is InChI=1S/C78H46B2N6/c1-5-23-47(24-6-1)81-61-39-17-15-33-55(61)71-67(81)45-69-75-73(71)57-37-21-35-53-51-31-13-19-41-63(51)85(77(53)57)79(75)59-43-60-66(44-65(59)83(69)49-27-9-3-10-28-49)84(50-29-11-4-12-30-50)70-46-68-72(56-34-16-18-40-62(56)82(68)48-25-7-2-8-26-48)74-58-38-22-36-54-52-32-14-20-42-64(52)86(78(54)58)80(60)76(70)74/h1-46H. The van der Waals surface area contributed by atoms with E-state index in [1.807, 2.05) is 0 Å². The SMILES string of the molecule is c1ccc(N2c3cc4c(cc3B3c5c2cc2c(c5-c5cccc6c7ccccc7n3c56)c3ccccc3n2-c2ccccc2)B2c3c(cc5c(c3-c3cccc6c7ccccc7n2c36)c2ccccc2n5-c2ccccc2)N4c2ccccc2)cc1. The third kappa shape index (κ3) is 5.52. The van der Waals surface area contributed by atoms with E-state index in [2.05, 4.69) is 307 Å². The Morgan fingerprint density at radius 2 is 0.593 bits per heavy atom. The number of anilines is 6. The van der Waals surface area contributed by atoms with E-state index >= 15 is 0 Å². The van der Waals surface area contributed by atoms with Gasteiger partial charge in [0.2, 0.25) is 0 Å². The molecule has 21 rings (SSSR count). The summed E-state index contributed by atoms with van der Waals surface area (Å²) in [6.07, 6.45) is 0. The predicted octanol–water partition coefficient (Wildman–Crippen LogP) is 16.9. The minimum atomic E-state index is -0.213. The highest BCUT2D eigenvalue weighted by atomic mass is 15.2. The van der Waals surface area contributed by atoms with Crippen molar-refractivity contribution in [2.24, 2.45) is 0 Å². The highest BCUT2D eigenvalue weighted by Gasteiger charge is 2.49. The van der Waals surface area contributed by atoms with Crippen molar-refractivity contribution in [1.29, 1.82) is 0 Å². The highest BCUT2D eigenvalue weighted by Crippen LogP contribution is 2.54. The Labute approximate surface area is 494 Å². The summed E-state index contributed by atoms with van der Waals surface area (Å²) in [5, 5.41) is 10.1. The number of benzene rings is 13. The molecule has 0 aliphatic carbocycles. The molecule has 8 heteroatoms. The molecule has 0 saturated heterocycles. The lowest BCUT2D eigenvalue weighted by Gasteiger charge is -2.44. The van der Waals surface area contributed by atoms with Gasteiger partial charge in [0.25, 0.3) is 0 Å². The summed E-state index contributed by atoms with van der Waals surface area (Å²) in [4.78, 5) is 5.24. The Balaban J connectivity index is 0.975. The molecule has 0 radical (unpaired) electrons. The molecule has 0 unspecified atom stereocenters. The summed E-state index contributed by atoms with van der Waals surface area (Å²) in [5.41, 5.74) is 29.3. The Morgan fingerprint density at radius 1 is 0.244 bits per heavy atom. The molecule has 0 N–H and O–H groups in total. The molecular weight excluding hydrogens is 1040 g/mol. The first-order valence-corrected chi connectivity index (χ1v) is 30.0. The van der Waals surface area contributed by atoms with Gasteiger partial charge < -0.3 is 27.9 Å². The van der Waals surface area contributed by atoms with Crippen molar-refractivity contribution in [3.8, 4) is 33.6 Å². The van der Waals surface area contributed by atoms with Crippen molar-refractivity contribution in [3.05, 3.63) is 279 Å². The van der Waals surface area contributed by atoms with Gasteiger partial charge in [-0.1, -0.05) is 188 Å². The lowest BCUT2D eigenvalue weighted by Crippen LogP contribution is -2.61. The summed E-state index contributed by atoms with van der Waals surface area (Å²) < 4.78 is 10.5. The molecule has 17 aromatic rings. The number of aromatic nitrogens is 4. The average molecular weight is 1090 g/mol. The Morgan fingerprint density at radius 3 is 1.01 bits per heavy atom. The van der Waals surface area contributed by atoms with Gasteiger partial charge in [0.15, 0.2) is 0 Å². The number of hydrogen-bond acceptors (Lipinski definition) is 2. The lowest BCUT2D eigenvalue weighted by atomic mass is 9.41. The topological polar surface area (TPSA) is 26.2 Å². The van der Waals surface area contributed by atoms with Crippen LogP contribution in [-0.4, -0.2) is 31.8 Å². The fraction of sp³-hybridized carbons (Fsp3) is 0. The Kier molecular flexibility index (Phi) is 8.60. The number of hydrogen-bond donors (Lipinski definition) is 0. The predicted molar refractivity (Wildman–Crippen MR) is 362 cm³/mol. The maximum atomic E-state index is 2.74. The molecule has 0 fully saturated rings. The van der Waals surface area contributed by atoms with Gasteiger partial charge in [0.05, 0.1) is 22.1 Å². The third-order valence-corrected chi connectivity index (χ3v) is 19.8. The van der Waals surface area contributed by atoms with Gasteiger partial charge in [0, 0.05) is 122 Å². The van der Waals surface area contributed by atoms with Crippen LogP contribution in [0.1, 0.15) is 0 Å². The maximum Gasteiger partial charge on any atom is 0.333 e. The van der Waals surface area contributed by atoms with E-state index in [-0.39, 0.29) is 13.7 Å². The minimum absolute atomic E-state index is 0.213. The number of fused-ring (bicyclic) bond motifs is 22. The normalized spacial score (nSPS) is 13.5. The first-order chi connectivity index (χ1) is 42.8. The van der Waals surface area contributed by atoms with Crippen LogP contribution in [-0.2, 0) is 0 Å². The highest BCUT2D eigenvalue weighted by molar-refractivity contribution is 6.93. The quantitative estimate of drug-likeness (QED) is 0.164. The second-order valence-electron chi connectivity index (χ2n) is 23.8. The van der Waals surface area contributed by atoms with Crippen LogP contribution in [0.2, 0.25) is 0 Å². The van der Waals surface area contributed by atoms with E-state index in [4.69, 9.17) is 0 Å². The summed E-state index contributed by atoms with van der Waals surface area (Å²) >= 11 is 0. The fourth-order valence-electron chi connectivity index (χ4n) is 16.8. The lowest BCUT2D eigenvalue weighted by molar-refractivity contribution is 1.17. The van der Waals surface area contributed by atoms with Crippen molar-refractivity contribution in [2.75, 3.05) is 9.80 Å².